The van der Waals surface area contributed by atoms with Crippen LogP contribution in [0.15, 0.2) is 27.2 Å². The molecule has 6 heteroatoms. The molecular formula is C10H7BrCl2N2O. The van der Waals surface area contributed by atoms with E-state index in [1.165, 1.54) is 0 Å². The van der Waals surface area contributed by atoms with Crippen molar-refractivity contribution in [1.82, 2.24) is 10.1 Å². The molecule has 0 fully saturated rings. The topological polar surface area (TPSA) is 38.9 Å². The number of aromatic nitrogens is 2. The molecule has 0 aliphatic carbocycles. The summed E-state index contributed by atoms with van der Waals surface area (Å²) in [5.74, 6) is 0.905. The molecule has 2 rings (SSSR count). The van der Waals surface area contributed by atoms with E-state index in [1.807, 2.05) is 12.1 Å². The molecule has 2 aromatic rings. The molecule has 1 aromatic heterocycles. The highest BCUT2D eigenvalue weighted by atomic mass is 79.9. The number of nitrogens with zero attached hydrogens (tertiary/aromatic N) is 2. The Bertz CT molecular complexity index is 513. The molecule has 0 aliphatic heterocycles. The summed E-state index contributed by atoms with van der Waals surface area (Å²) in [7, 11) is 0. The first kappa shape index (κ1) is 11.9. The first-order chi connectivity index (χ1) is 7.58. The summed E-state index contributed by atoms with van der Waals surface area (Å²) in [5, 5.41) is 4.19. The van der Waals surface area contributed by atoms with Gasteiger partial charge in [0.05, 0.1) is 5.02 Å². The van der Waals surface area contributed by atoms with E-state index >= 15 is 0 Å². The van der Waals surface area contributed by atoms with E-state index in [4.69, 9.17) is 27.7 Å². The third-order valence-corrected chi connectivity index (χ3v) is 3.36. The summed E-state index contributed by atoms with van der Waals surface area (Å²) in [6.45, 7) is 1.77. The monoisotopic (exact) mass is 320 g/mol. The maximum atomic E-state index is 5.89. The second-order valence-electron chi connectivity index (χ2n) is 3.20. The average Bonchev–Trinajstić information content (AvgIpc) is 2.71. The molecule has 84 valence electrons. The number of hydrogen-bond donors (Lipinski definition) is 0. The minimum Gasteiger partial charge on any atom is -0.337 e. The second kappa shape index (κ2) is 4.73. The van der Waals surface area contributed by atoms with Crippen molar-refractivity contribution in [1.29, 1.82) is 0 Å². The molecular weight excluding hydrogens is 315 g/mol. The number of halogens is 3. The minimum absolute atomic E-state index is 0.294. The summed E-state index contributed by atoms with van der Waals surface area (Å²) in [4.78, 5) is 4.18. The molecule has 1 unspecified atom stereocenters. The SMILES string of the molecule is CC(Cl)c1nc(-c2ccc(Cl)c(Br)c2)no1. The van der Waals surface area contributed by atoms with Gasteiger partial charge in [0, 0.05) is 10.0 Å². The Morgan fingerprint density at radius 1 is 1.44 bits per heavy atom. The van der Waals surface area contributed by atoms with Crippen molar-refractivity contribution in [3.05, 3.63) is 33.6 Å². The predicted octanol–water partition coefficient (Wildman–Crippen LogP) is 4.45. The molecule has 1 atom stereocenters. The Labute approximate surface area is 111 Å². The van der Waals surface area contributed by atoms with Crippen molar-refractivity contribution in [3.63, 3.8) is 0 Å². The van der Waals surface area contributed by atoms with Gasteiger partial charge >= 0.3 is 0 Å². The maximum absolute atomic E-state index is 5.89. The van der Waals surface area contributed by atoms with Crippen molar-refractivity contribution in [2.45, 2.75) is 12.3 Å². The number of rotatable bonds is 2. The fraction of sp³-hybridized carbons (Fsp3) is 0.200. The Hall–Kier alpha value is -0.580. The van der Waals surface area contributed by atoms with Crippen molar-refractivity contribution in [2.24, 2.45) is 0 Å². The smallest absolute Gasteiger partial charge is 0.244 e. The van der Waals surface area contributed by atoms with Crippen LogP contribution in [0.2, 0.25) is 5.02 Å². The van der Waals surface area contributed by atoms with Crippen LogP contribution in [0.4, 0.5) is 0 Å². The first-order valence-electron chi connectivity index (χ1n) is 4.51. The van der Waals surface area contributed by atoms with E-state index in [9.17, 15) is 0 Å². The zero-order valence-electron chi connectivity index (χ0n) is 8.25. The largest absolute Gasteiger partial charge is 0.337 e. The van der Waals surface area contributed by atoms with Crippen LogP contribution in [-0.2, 0) is 0 Å². The Kier molecular flexibility index (Phi) is 3.52. The van der Waals surface area contributed by atoms with Gasteiger partial charge < -0.3 is 4.52 Å². The van der Waals surface area contributed by atoms with Crippen LogP contribution < -0.4 is 0 Å². The van der Waals surface area contributed by atoms with Gasteiger partial charge in [-0.1, -0.05) is 16.8 Å². The van der Waals surface area contributed by atoms with Crippen molar-refractivity contribution >= 4 is 39.1 Å². The summed E-state index contributed by atoms with van der Waals surface area (Å²) in [6, 6.07) is 5.41. The summed E-state index contributed by atoms with van der Waals surface area (Å²) in [5.41, 5.74) is 0.823. The summed E-state index contributed by atoms with van der Waals surface area (Å²) < 4.78 is 5.80. The maximum Gasteiger partial charge on any atom is 0.244 e. The van der Waals surface area contributed by atoms with Gasteiger partial charge in [0.15, 0.2) is 0 Å². The van der Waals surface area contributed by atoms with E-state index in [0.717, 1.165) is 10.0 Å². The molecule has 3 nitrogen and oxygen atoms in total. The van der Waals surface area contributed by atoms with Crippen LogP contribution in [0.5, 0.6) is 0 Å². The van der Waals surface area contributed by atoms with Gasteiger partial charge in [-0.3, -0.25) is 0 Å². The zero-order valence-corrected chi connectivity index (χ0v) is 11.3. The Morgan fingerprint density at radius 2 is 2.19 bits per heavy atom. The number of alkyl halides is 1. The molecule has 0 N–H and O–H groups in total. The Balaban J connectivity index is 2.39. The molecule has 1 heterocycles. The average molecular weight is 322 g/mol. The standard InChI is InChI=1S/C10H7BrCl2N2O/c1-5(12)10-14-9(15-16-10)6-2-3-8(13)7(11)4-6/h2-5H,1H3. The van der Waals surface area contributed by atoms with E-state index in [1.54, 1.807) is 13.0 Å². The summed E-state index contributed by atoms with van der Waals surface area (Å²) >= 11 is 15.1. The molecule has 0 radical (unpaired) electrons. The van der Waals surface area contributed by atoms with Crippen molar-refractivity contribution in [3.8, 4) is 11.4 Å². The van der Waals surface area contributed by atoms with Crippen LogP contribution >= 0.6 is 39.1 Å². The predicted molar refractivity (Wildman–Crippen MR) is 66.7 cm³/mol. The molecule has 0 saturated carbocycles. The van der Waals surface area contributed by atoms with Crippen molar-refractivity contribution in [2.75, 3.05) is 0 Å². The molecule has 0 spiro atoms. The lowest BCUT2D eigenvalue weighted by molar-refractivity contribution is 0.379. The van der Waals surface area contributed by atoms with Crippen LogP contribution in [0.25, 0.3) is 11.4 Å². The lowest BCUT2D eigenvalue weighted by atomic mass is 10.2. The fourth-order valence-electron chi connectivity index (χ4n) is 1.15. The lowest BCUT2D eigenvalue weighted by Crippen LogP contribution is -1.85. The number of hydrogen-bond acceptors (Lipinski definition) is 3. The minimum atomic E-state index is -0.294. The highest BCUT2D eigenvalue weighted by molar-refractivity contribution is 9.10. The van der Waals surface area contributed by atoms with Gasteiger partial charge in [-0.15, -0.1) is 11.6 Å². The lowest BCUT2D eigenvalue weighted by Gasteiger charge is -1.97. The van der Waals surface area contributed by atoms with Gasteiger partial charge in [0.25, 0.3) is 0 Å². The van der Waals surface area contributed by atoms with E-state index in [0.29, 0.717) is 16.7 Å². The molecule has 0 bridgehead atoms. The fourth-order valence-corrected chi connectivity index (χ4v) is 1.73. The quantitative estimate of drug-likeness (QED) is 0.767. The van der Waals surface area contributed by atoms with E-state index < -0.39 is 0 Å². The normalized spacial score (nSPS) is 12.8. The van der Waals surface area contributed by atoms with Crippen LogP contribution in [0.3, 0.4) is 0 Å². The van der Waals surface area contributed by atoms with Crippen LogP contribution in [0, 0.1) is 0 Å². The highest BCUT2D eigenvalue weighted by Crippen LogP contribution is 2.28. The third-order valence-electron chi connectivity index (χ3n) is 1.96. The third kappa shape index (κ3) is 2.39. The highest BCUT2D eigenvalue weighted by Gasteiger charge is 2.13. The number of benzene rings is 1. The molecule has 0 saturated heterocycles. The second-order valence-corrected chi connectivity index (χ2v) is 5.12. The zero-order chi connectivity index (χ0) is 11.7. The van der Waals surface area contributed by atoms with Gasteiger partial charge in [-0.2, -0.15) is 4.98 Å². The van der Waals surface area contributed by atoms with E-state index in [2.05, 4.69) is 26.1 Å². The molecule has 0 amide bonds. The van der Waals surface area contributed by atoms with Crippen LogP contribution in [-0.4, -0.2) is 10.1 Å². The summed E-state index contributed by atoms with van der Waals surface area (Å²) in [6.07, 6.45) is 0. The Morgan fingerprint density at radius 3 is 2.75 bits per heavy atom. The van der Waals surface area contributed by atoms with Crippen LogP contribution in [0.1, 0.15) is 18.2 Å². The first-order valence-corrected chi connectivity index (χ1v) is 6.12. The van der Waals surface area contributed by atoms with Gasteiger partial charge in [0.2, 0.25) is 11.7 Å². The van der Waals surface area contributed by atoms with Gasteiger partial charge in [-0.25, -0.2) is 0 Å². The van der Waals surface area contributed by atoms with E-state index in [-0.39, 0.29) is 5.38 Å². The molecule has 1 aromatic carbocycles. The molecule has 16 heavy (non-hydrogen) atoms. The van der Waals surface area contributed by atoms with Crippen molar-refractivity contribution < 1.29 is 4.52 Å². The van der Waals surface area contributed by atoms with Gasteiger partial charge in [-0.05, 0) is 41.1 Å². The van der Waals surface area contributed by atoms with Gasteiger partial charge in [0.1, 0.15) is 5.38 Å². The molecule has 0 aliphatic rings.